The molecule has 0 heterocycles. The Bertz CT molecular complexity index is 527. The molecule has 17 heavy (non-hydrogen) atoms. The quantitative estimate of drug-likeness (QED) is 0.765. The molecule has 1 aromatic carbocycles. The van der Waals surface area contributed by atoms with Gasteiger partial charge in [0.05, 0.1) is 4.91 Å². The van der Waals surface area contributed by atoms with E-state index in [0.717, 1.165) is 0 Å². The highest BCUT2D eigenvalue weighted by molar-refractivity contribution is 8.04. The molecule has 0 N–H and O–H groups in total. The predicted octanol–water partition coefficient (Wildman–Crippen LogP) is 3.26. The Morgan fingerprint density at radius 1 is 1.18 bits per heavy atom. The van der Waals surface area contributed by atoms with Crippen LogP contribution in [0.4, 0.5) is 0 Å². The van der Waals surface area contributed by atoms with Crippen LogP contribution in [0.15, 0.2) is 47.4 Å². The van der Waals surface area contributed by atoms with Crippen molar-refractivity contribution in [1.29, 1.82) is 0 Å². The van der Waals surface area contributed by atoms with Crippen molar-refractivity contribution in [3.05, 3.63) is 58.5 Å². The topological polar surface area (TPSA) is 34.1 Å². The van der Waals surface area contributed by atoms with Crippen molar-refractivity contribution < 1.29 is 9.59 Å². The van der Waals surface area contributed by atoms with Crippen molar-refractivity contribution in [2.24, 2.45) is 0 Å². The average molecular weight is 244 g/mol. The van der Waals surface area contributed by atoms with Crippen LogP contribution in [0.5, 0.6) is 0 Å². The summed E-state index contributed by atoms with van der Waals surface area (Å²) < 4.78 is 0. The highest BCUT2D eigenvalue weighted by Crippen LogP contribution is 2.28. The van der Waals surface area contributed by atoms with Gasteiger partial charge in [-0.15, -0.1) is 11.8 Å². The molecule has 0 saturated heterocycles. The van der Waals surface area contributed by atoms with E-state index in [-0.39, 0.29) is 11.6 Å². The van der Waals surface area contributed by atoms with Crippen molar-refractivity contribution in [3.8, 4) is 0 Å². The maximum absolute atomic E-state index is 12.1. The second-order valence-corrected chi connectivity index (χ2v) is 4.69. The molecule has 2 rings (SSSR count). The lowest BCUT2D eigenvalue weighted by molar-refractivity contribution is 0.0991. The van der Waals surface area contributed by atoms with Gasteiger partial charge in [-0.05, 0) is 6.92 Å². The van der Waals surface area contributed by atoms with Gasteiger partial charge in [-0.1, -0.05) is 36.4 Å². The summed E-state index contributed by atoms with van der Waals surface area (Å²) in [6.45, 7) is 1.93. The Morgan fingerprint density at radius 3 is 2.59 bits per heavy atom. The van der Waals surface area contributed by atoms with E-state index in [9.17, 15) is 9.59 Å². The number of fused-ring (bicyclic) bond motifs is 1. The predicted molar refractivity (Wildman–Crippen MR) is 70.5 cm³/mol. The van der Waals surface area contributed by atoms with Crippen LogP contribution < -0.4 is 0 Å². The standard InChI is InChI=1S/C14H12O2S/c1-2-3-8-17-13-9-12(15)10-6-4-5-7-11(10)14(13)16/h2-7,9H,8H2,1H3. The maximum Gasteiger partial charge on any atom is 0.200 e. The number of benzene rings is 1. The zero-order chi connectivity index (χ0) is 12.3. The van der Waals surface area contributed by atoms with Crippen LogP contribution in [-0.2, 0) is 0 Å². The van der Waals surface area contributed by atoms with Gasteiger partial charge < -0.3 is 0 Å². The van der Waals surface area contributed by atoms with Gasteiger partial charge in [-0.25, -0.2) is 0 Å². The molecule has 0 aromatic heterocycles. The van der Waals surface area contributed by atoms with Gasteiger partial charge in [0.25, 0.3) is 0 Å². The molecule has 0 unspecified atom stereocenters. The molecule has 0 aliphatic heterocycles. The van der Waals surface area contributed by atoms with Crippen molar-refractivity contribution in [1.82, 2.24) is 0 Å². The van der Waals surface area contributed by atoms with Gasteiger partial charge in [-0.2, -0.15) is 0 Å². The lowest BCUT2D eigenvalue weighted by atomic mass is 9.95. The first-order valence-corrected chi connectivity index (χ1v) is 6.36. The molecule has 0 atom stereocenters. The molecule has 3 heteroatoms. The van der Waals surface area contributed by atoms with E-state index in [1.54, 1.807) is 24.3 Å². The molecule has 1 aliphatic rings. The molecular weight excluding hydrogens is 232 g/mol. The Kier molecular flexibility index (Phi) is 3.59. The van der Waals surface area contributed by atoms with Gasteiger partial charge in [-0.3, -0.25) is 9.59 Å². The molecule has 0 spiro atoms. The van der Waals surface area contributed by atoms with E-state index < -0.39 is 0 Å². The number of rotatable bonds is 3. The lowest BCUT2D eigenvalue weighted by Crippen LogP contribution is -2.15. The van der Waals surface area contributed by atoms with Crippen molar-refractivity contribution >= 4 is 23.3 Å². The van der Waals surface area contributed by atoms with E-state index in [0.29, 0.717) is 21.8 Å². The number of allylic oxidation sites excluding steroid dienone is 3. The smallest absolute Gasteiger partial charge is 0.200 e. The monoisotopic (exact) mass is 244 g/mol. The van der Waals surface area contributed by atoms with Crippen molar-refractivity contribution in [2.75, 3.05) is 5.75 Å². The molecule has 1 aromatic rings. The van der Waals surface area contributed by atoms with E-state index >= 15 is 0 Å². The van der Waals surface area contributed by atoms with E-state index in [1.165, 1.54) is 17.8 Å². The maximum atomic E-state index is 12.1. The van der Waals surface area contributed by atoms with Crippen LogP contribution in [0.1, 0.15) is 27.6 Å². The van der Waals surface area contributed by atoms with Crippen LogP contribution in [0.3, 0.4) is 0 Å². The van der Waals surface area contributed by atoms with Crippen LogP contribution in [-0.4, -0.2) is 17.3 Å². The summed E-state index contributed by atoms with van der Waals surface area (Å²) >= 11 is 1.40. The summed E-state index contributed by atoms with van der Waals surface area (Å²) in [6.07, 6.45) is 5.33. The highest BCUT2D eigenvalue weighted by atomic mass is 32.2. The second kappa shape index (κ2) is 5.15. The number of hydrogen-bond acceptors (Lipinski definition) is 3. The number of hydrogen-bond donors (Lipinski definition) is 0. The molecule has 86 valence electrons. The van der Waals surface area contributed by atoms with Crippen LogP contribution in [0, 0.1) is 0 Å². The van der Waals surface area contributed by atoms with Gasteiger partial charge in [0.1, 0.15) is 0 Å². The SMILES string of the molecule is CC=CCSC1=CC(=O)c2ccccc2C1=O. The number of ketones is 2. The molecular formula is C14H12O2S. The summed E-state index contributed by atoms with van der Waals surface area (Å²) in [5, 5.41) is 0. The third kappa shape index (κ3) is 2.39. The van der Waals surface area contributed by atoms with Gasteiger partial charge >= 0.3 is 0 Å². The molecule has 2 nitrogen and oxygen atoms in total. The minimum Gasteiger partial charge on any atom is -0.289 e. The average Bonchev–Trinajstić information content (AvgIpc) is 2.36. The van der Waals surface area contributed by atoms with Crippen LogP contribution in [0.25, 0.3) is 0 Å². The largest absolute Gasteiger partial charge is 0.289 e. The number of carbonyl (C=O) groups excluding carboxylic acids is 2. The highest BCUT2D eigenvalue weighted by Gasteiger charge is 2.24. The number of Topliss-reactive ketones (excluding diaryl/α,β-unsaturated/α-hetero) is 1. The summed E-state index contributed by atoms with van der Waals surface area (Å²) in [7, 11) is 0. The third-order valence-corrected chi connectivity index (χ3v) is 3.47. The first kappa shape index (κ1) is 11.9. The zero-order valence-electron chi connectivity index (χ0n) is 9.47. The molecule has 0 radical (unpaired) electrons. The van der Waals surface area contributed by atoms with Gasteiger partial charge in [0, 0.05) is 23.0 Å². The van der Waals surface area contributed by atoms with Crippen LogP contribution >= 0.6 is 11.8 Å². The minimum atomic E-state index is -0.0804. The molecule has 0 fully saturated rings. The fourth-order valence-electron chi connectivity index (χ4n) is 1.63. The van der Waals surface area contributed by atoms with Gasteiger partial charge in [0.2, 0.25) is 0 Å². The Balaban J connectivity index is 2.29. The summed E-state index contributed by atoms with van der Waals surface area (Å²) in [4.78, 5) is 24.4. The molecule has 1 aliphatic carbocycles. The van der Waals surface area contributed by atoms with Crippen molar-refractivity contribution in [3.63, 3.8) is 0 Å². The molecule has 0 saturated carbocycles. The Hall–Kier alpha value is -1.61. The normalized spacial score (nSPS) is 15.0. The minimum absolute atomic E-state index is 0.0466. The fourth-order valence-corrected chi connectivity index (χ4v) is 2.53. The fraction of sp³-hybridized carbons (Fsp3) is 0.143. The molecule has 0 amide bonds. The first-order chi connectivity index (χ1) is 8.24. The van der Waals surface area contributed by atoms with E-state index in [1.807, 2.05) is 19.1 Å². The lowest BCUT2D eigenvalue weighted by Gasteiger charge is -2.13. The van der Waals surface area contributed by atoms with Gasteiger partial charge in [0.15, 0.2) is 11.6 Å². The zero-order valence-corrected chi connectivity index (χ0v) is 10.3. The van der Waals surface area contributed by atoms with Crippen LogP contribution in [0.2, 0.25) is 0 Å². The Morgan fingerprint density at radius 2 is 1.88 bits per heavy atom. The number of thioether (sulfide) groups is 1. The van der Waals surface area contributed by atoms with E-state index in [2.05, 4.69) is 0 Å². The summed E-state index contributed by atoms with van der Waals surface area (Å²) in [5.74, 6) is 0.585. The molecule has 0 bridgehead atoms. The third-order valence-electron chi connectivity index (χ3n) is 2.49. The van der Waals surface area contributed by atoms with E-state index in [4.69, 9.17) is 0 Å². The second-order valence-electron chi connectivity index (χ2n) is 3.63. The summed E-state index contributed by atoms with van der Waals surface area (Å²) in [6, 6.07) is 6.96. The first-order valence-electron chi connectivity index (χ1n) is 5.37. The van der Waals surface area contributed by atoms with Crippen molar-refractivity contribution in [2.45, 2.75) is 6.92 Å². The summed E-state index contributed by atoms with van der Waals surface area (Å²) in [5.41, 5.74) is 1.02. The Labute approximate surface area is 104 Å². The number of carbonyl (C=O) groups is 2.